The SMILES string of the molecule is CCCCCCCOc1ccc(-c2ccc(O[C@@]3(C(=O)O)CCCN3)c(F)c2F)cc1. The predicted octanol–water partition coefficient (Wildman–Crippen LogP) is 5.52. The minimum atomic E-state index is -1.73. The molecular weight excluding hydrogens is 404 g/mol. The molecule has 0 radical (unpaired) electrons. The molecule has 31 heavy (non-hydrogen) atoms. The maximum Gasteiger partial charge on any atom is 0.363 e. The van der Waals surface area contributed by atoms with E-state index in [-0.39, 0.29) is 12.0 Å². The van der Waals surface area contributed by atoms with Gasteiger partial charge in [-0.15, -0.1) is 0 Å². The van der Waals surface area contributed by atoms with E-state index in [1.807, 2.05) is 0 Å². The number of halogens is 2. The van der Waals surface area contributed by atoms with Crippen LogP contribution < -0.4 is 14.8 Å². The van der Waals surface area contributed by atoms with E-state index in [0.29, 0.717) is 30.9 Å². The first-order valence-corrected chi connectivity index (χ1v) is 10.9. The summed E-state index contributed by atoms with van der Waals surface area (Å²) < 4.78 is 40.5. The molecule has 1 atom stereocenters. The Kier molecular flexibility index (Phi) is 7.85. The Morgan fingerprint density at radius 2 is 1.81 bits per heavy atom. The van der Waals surface area contributed by atoms with Gasteiger partial charge in [0.05, 0.1) is 6.61 Å². The van der Waals surface area contributed by atoms with Crippen molar-refractivity contribution in [2.45, 2.75) is 57.6 Å². The van der Waals surface area contributed by atoms with E-state index < -0.39 is 29.1 Å². The second-order valence-electron chi connectivity index (χ2n) is 7.79. The molecule has 2 aromatic carbocycles. The fourth-order valence-electron chi connectivity index (χ4n) is 3.68. The van der Waals surface area contributed by atoms with Crippen LogP contribution in [0.15, 0.2) is 36.4 Å². The smallest absolute Gasteiger partial charge is 0.363 e. The minimum Gasteiger partial charge on any atom is -0.494 e. The molecule has 0 unspecified atom stereocenters. The highest BCUT2D eigenvalue weighted by molar-refractivity contribution is 5.78. The van der Waals surface area contributed by atoms with Crippen LogP contribution in [0.1, 0.15) is 51.9 Å². The van der Waals surface area contributed by atoms with Crippen molar-refractivity contribution in [1.29, 1.82) is 0 Å². The predicted molar refractivity (Wildman–Crippen MR) is 114 cm³/mol. The molecule has 0 aromatic heterocycles. The molecule has 0 amide bonds. The molecule has 2 aromatic rings. The number of hydrogen-bond donors (Lipinski definition) is 2. The number of carboxylic acid groups (broad SMARTS) is 1. The molecule has 5 nitrogen and oxygen atoms in total. The number of carboxylic acids is 1. The molecule has 2 N–H and O–H groups in total. The van der Waals surface area contributed by atoms with E-state index in [1.54, 1.807) is 24.3 Å². The molecule has 1 saturated heterocycles. The average molecular weight is 433 g/mol. The van der Waals surface area contributed by atoms with Crippen LogP contribution >= 0.6 is 0 Å². The Morgan fingerprint density at radius 3 is 2.45 bits per heavy atom. The number of hydrogen-bond acceptors (Lipinski definition) is 4. The van der Waals surface area contributed by atoms with Crippen LogP contribution in [-0.4, -0.2) is 30.0 Å². The Balaban J connectivity index is 1.66. The maximum absolute atomic E-state index is 14.7. The third-order valence-electron chi connectivity index (χ3n) is 5.47. The van der Waals surface area contributed by atoms with Crippen molar-refractivity contribution < 1.29 is 28.2 Å². The normalized spacial score (nSPS) is 18.2. The van der Waals surface area contributed by atoms with Gasteiger partial charge in [0.1, 0.15) is 5.75 Å². The highest BCUT2D eigenvalue weighted by atomic mass is 19.2. The largest absolute Gasteiger partial charge is 0.494 e. The highest BCUT2D eigenvalue weighted by Crippen LogP contribution is 2.33. The summed E-state index contributed by atoms with van der Waals surface area (Å²) in [6.07, 6.45) is 6.48. The average Bonchev–Trinajstić information content (AvgIpc) is 3.25. The van der Waals surface area contributed by atoms with E-state index in [2.05, 4.69) is 12.2 Å². The highest BCUT2D eigenvalue weighted by Gasteiger charge is 2.44. The fraction of sp³-hybridized carbons (Fsp3) is 0.458. The van der Waals surface area contributed by atoms with Crippen LogP contribution in [0.3, 0.4) is 0 Å². The van der Waals surface area contributed by atoms with Gasteiger partial charge in [0.2, 0.25) is 5.82 Å². The third-order valence-corrected chi connectivity index (χ3v) is 5.47. The van der Waals surface area contributed by atoms with Gasteiger partial charge < -0.3 is 14.6 Å². The summed E-state index contributed by atoms with van der Waals surface area (Å²) in [6, 6.07) is 9.45. The van der Waals surface area contributed by atoms with Crippen molar-refractivity contribution >= 4 is 5.97 Å². The molecule has 168 valence electrons. The first-order chi connectivity index (χ1) is 15.0. The van der Waals surface area contributed by atoms with Crippen LogP contribution in [0.2, 0.25) is 0 Å². The summed E-state index contributed by atoms with van der Waals surface area (Å²) in [5.41, 5.74) is -1.17. The lowest BCUT2D eigenvalue weighted by molar-refractivity contribution is -0.157. The molecule has 1 heterocycles. The van der Waals surface area contributed by atoms with Gasteiger partial charge in [-0.25, -0.2) is 9.18 Å². The van der Waals surface area contributed by atoms with Crippen molar-refractivity contribution in [3.63, 3.8) is 0 Å². The third kappa shape index (κ3) is 5.53. The molecule has 0 aliphatic carbocycles. The molecule has 0 saturated carbocycles. The van der Waals surface area contributed by atoms with Gasteiger partial charge >= 0.3 is 5.97 Å². The lowest BCUT2D eigenvalue weighted by atomic mass is 10.0. The van der Waals surface area contributed by atoms with Gasteiger partial charge in [-0.1, -0.05) is 44.7 Å². The van der Waals surface area contributed by atoms with Crippen molar-refractivity contribution in [3.8, 4) is 22.6 Å². The molecule has 0 bridgehead atoms. The molecule has 0 spiro atoms. The van der Waals surface area contributed by atoms with Crippen molar-refractivity contribution in [1.82, 2.24) is 5.32 Å². The quantitative estimate of drug-likeness (QED) is 0.457. The fourth-order valence-corrected chi connectivity index (χ4v) is 3.68. The topological polar surface area (TPSA) is 67.8 Å². The van der Waals surface area contributed by atoms with Crippen molar-refractivity contribution in [2.24, 2.45) is 0 Å². The van der Waals surface area contributed by atoms with Crippen molar-refractivity contribution in [3.05, 3.63) is 48.0 Å². The lowest BCUT2D eigenvalue weighted by Crippen LogP contribution is -2.52. The summed E-state index contributed by atoms with van der Waals surface area (Å²) in [4.78, 5) is 11.6. The summed E-state index contributed by atoms with van der Waals surface area (Å²) in [7, 11) is 0. The van der Waals surface area contributed by atoms with Crippen LogP contribution in [0.4, 0.5) is 8.78 Å². The summed E-state index contributed by atoms with van der Waals surface area (Å²) in [6.45, 7) is 3.23. The van der Waals surface area contributed by atoms with Crippen molar-refractivity contribution in [2.75, 3.05) is 13.2 Å². The molecular formula is C24H29F2NO4. The number of benzene rings is 2. The lowest BCUT2D eigenvalue weighted by Gasteiger charge is -2.26. The van der Waals surface area contributed by atoms with E-state index in [9.17, 15) is 18.7 Å². The van der Waals surface area contributed by atoms with Crippen LogP contribution in [-0.2, 0) is 4.79 Å². The summed E-state index contributed by atoms with van der Waals surface area (Å²) in [5, 5.41) is 12.2. The number of unbranched alkanes of at least 4 members (excludes halogenated alkanes) is 4. The van der Waals surface area contributed by atoms with Gasteiger partial charge in [0.25, 0.3) is 5.72 Å². The molecule has 1 aliphatic rings. The van der Waals surface area contributed by atoms with E-state index in [0.717, 1.165) is 12.8 Å². The zero-order valence-electron chi connectivity index (χ0n) is 17.8. The Morgan fingerprint density at radius 1 is 1.06 bits per heavy atom. The number of ether oxygens (including phenoxy) is 2. The van der Waals surface area contributed by atoms with Gasteiger partial charge in [0.15, 0.2) is 11.6 Å². The van der Waals surface area contributed by atoms with Crippen LogP contribution in [0.5, 0.6) is 11.5 Å². The van der Waals surface area contributed by atoms with Gasteiger partial charge in [0, 0.05) is 12.0 Å². The molecule has 3 rings (SSSR count). The zero-order valence-corrected chi connectivity index (χ0v) is 17.8. The minimum absolute atomic E-state index is 0.0692. The standard InChI is InChI=1S/C24H29F2NO4/c1-2-3-4-5-6-16-30-18-10-8-17(9-11-18)19-12-13-20(22(26)21(19)25)31-24(23(28)29)14-7-15-27-24/h8-13,27H,2-7,14-16H2,1H3,(H,28,29)/t24-/m1/s1. The van der Waals surface area contributed by atoms with Gasteiger partial charge in [-0.05, 0) is 49.2 Å². The number of rotatable bonds is 11. The Labute approximate surface area is 181 Å². The van der Waals surface area contributed by atoms with Gasteiger partial charge in [-0.3, -0.25) is 5.32 Å². The molecule has 1 fully saturated rings. The van der Waals surface area contributed by atoms with Gasteiger partial charge in [-0.2, -0.15) is 4.39 Å². The Bertz CT molecular complexity index is 880. The second kappa shape index (κ2) is 10.6. The Hall–Kier alpha value is -2.67. The van der Waals surface area contributed by atoms with E-state index >= 15 is 0 Å². The number of aliphatic carboxylic acids is 1. The van der Waals surface area contributed by atoms with Crippen LogP contribution in [0.25, 0.3) is 11.1 Å². The molecule has 7 heteroatoms. The van der Waals surface area contributed by atoms with E-state index in [1.165, 1.54) is 31.4 Å². The molecule has 1 aliphatic heterocycles. The summed E-state index contributed by atoms with van der Waals surface area (Å²) >= 11 is 0. The number of nitrogens with one attached hydrogen (secondary N) is 1. The monoisotopic (exact) mass is 433 g/mol. The second-order valence-corrected chi connectivity index (χ2v) is 7.79. The maximum atomic E-state index is 14.7. The first-order valence-electron chi connectivity index (χ1n) is 10.9. The first kappa shape index (κ1) is 23.0. The van der Waals surface area contributed by atoms with E-state index in [4.69, 9.17) is 9.47 Å². The number of carbonyl (C=O) groups is 1. The summed E-state index contributed by atoms with van der Waals surface area (Å²) in [5.74, 6) is -3.30. The van der Waals surface area contributed by atoms with Crippen LogP contribution in [0, 0.1) is 11.6 Å². The zero-order chi connectivity index (χ0) is 22.3.